The first kappa shape index (κ1) is 13.5. The van der Waals surface area contributed by atoms with Crippen molar-refractivity contribution < 1.29 is 9.63 Å². The Labute approximate surface area is 112 Å². The fourth-order valence-electron chi connectivity index (χ4n) is 1.76. The van der Waals surface area contributed by atoms with Crippen molar-refractivity contribution in [3.8, 4) is 0 Å². The second kappa shape index (κ2) is 6.26. The molecule has 1 N–H and O–H groups in total. The van der Waals surface area contributed by atoms with Gasteiger partial charge in [0.2, 0.25) is 6.10 Å². The highest BCUT2D eigenvalue weighted by molar-refractivity contribution is 5.93. The molecule has 0 spiro atoms. The van der Waals surface area contributed by atoms with E-state index in [-0.39, 0.29) is 5.91 Å². The van der Waals surface area contributed by atoms with Crippen LogP contribution in [-0.2, 0) is 16.1 Å². The SMILES string of the molecule is CC(C)C1=NO[C@@H](C(=O)NCCc2cnccn2)C1. The molecule has 2 heterocycles. The van der Waals surface area contributed by atoms with Crippen LogP contribution in [0.5, 0.6) is 0 Å². The van der Waals surface area contributed by atoms with Gasteiger partial charge in [0, 0.05) is 38.0 Å². The van der Waals surface area contributed by atoms with Crippen LogP contribution in [0.1, 0.15) is 26.0 Å². The molecule has 0 aliphatic carbocycles. The van der Waals surface area contributed by atoms with Crippen LogP contribution in [0.2, 0.25) is 0 Å². The highest BCUT2D eigenvalue weighted by Crippen LogP contribution is 2.15. The number of nitrogens with zero attached hydrogens (tertiary/aromatic N) is 3. The Kier molecular flexibility index (Phi) is 4.43. The van der Waals surface area contributed by atoms with Crippen LogP contribution in [-0.4, -0.2) is 34.2 Å². The first-order chi connectivity index (χ1) is 9.16. The molecule has 0 aromatic carbocycles. The van der Waals surface area contributed by atoms with Gasteiger partial charge in [-0.1, -0.05) is 19.0 Å². The minimum atomic E-state index is -0.487. The topological polar surface area (TPSA) is 76.5 Å². The Hall–Kier alpha value is -1.98. The molecule has 6 heteroatoms. The Morgan fingerprint density at radius 3 is 3.00 bits per heavy atom. The lowest BCUT2D eigenvalue weighted by Crippen LogP contribution is -2.36. The van der Waals surface area contributed by atoms with Crippen molar-refractivity contribution in [2.75, 3.05) is 6.54 Å². The molecule has 0 bridgehead atoms. The maximum Gasteiger partial charge on any atom is 0.264 e. The number of carbonyl (C=O) groups excluding carboxylic acids is 1. The van der Waals surface area contributed by atoms with Gasteiger partial charge in [-0.15, -0.1) is 0 Å². The van der Waals surface area contributed by atoms with Crippen LogP contribution < -0.4 is 5.32 Å². The van der Waals surface area contributed by atoms with Crippen LogP contribution in [0, 0.1) is 5.92 Å². The first-order valence-electron chi connectivity index (χ1n) is 6.42. The lowest BCUT2D eigenvalue weighted by atomic mass is 10.0. The molecule has 0 radical (unpaired) electrons. The van der Waals surface area contributed by atoms with E-state index in [2.05, 4.69) is 20.4 Å². The molecule has 0 saturated carbocycles. The van der Waals surface area contributed by atoms with E-state index in [9.17, 15) is 4.79 Å². The summed E-state index contributed by atoms with van der Waals surface area (Å²) in [5.74, 6) is 0.195. The summed E-state index contributed by atoms with van der Waals surface area (Å²) in [6.45, 7) is 4.60. The molecule has 0 saturated heterocycles. The lowest BCUT2D eigenvalue weighted by Gasteiger charge is -2.09. The number of amides is 1. The number of aromatic nitrogens is 2. The monoisotopic (exact) mass is 262 g/mol. The van der Waals surface area contributed by atoms with E-state index in [1.165, 1.54) is 0 Å². The van der Waals surface area contributed by atoms with Crippen LogP contribution >= 0.6 is 0 Å². The van der Waals surface area contributed by atoms with E-state index in [1.54, 1.807) is 18.6 Å². The summed E-state index contributed by atoms with van der Waals surface area (Å²) < 4.78 is 0. The number of carbonyl (C=O) groups is 1. The number of hydrogen-bond acceptors (Lipinski definition) is 5. The van der Waals surface area contributed by atoms with Crippen molar-refractivity contribution in [2.24, 2.45) is 11.1 Å². The summed E-state index contributed by atoms with van der Waals surface area (Å²) in [5, 5.41) is 6.76. The largest absolute Gasteiger partial charge is 0.382 e. The van der Waals surface area contributed by atoms with Crippen LogP contribution in [0.15, 0.2) is 23.7 Å². The van der Waals surface area contributed by atoms with Gasteiger partial charge < -0.3 is 10.2 Å². The third-order valence-electron chi connectivity index (χ3n) is 2.95. The molecule has 0 unspecified atom stereocenters. The average Bonchev–Trinajstić information content (AvgIpc) is 2.89. The molecule has 1 aliphatic heterocycles. The third kappa shape index (κ3) is 3.74. The molecule has 6 nitrogen and oxygen atoms in total. The van der Waals surface area contributed by atoms with Gasteiger partial charge in [-0.25, -0.2) is 0 Å². The molecule has 2 rings (SSSR count). The second-order valence-corrected chi connectivity index (χ2v) is 4.77. The smallest absolute Gasteiger partial charge is 0.264 e. The maximum atomic E-state index is 11.9. The maximum absolute atomic E-state index is 11.9. The molecule has 102 valence electrons. The molecule has 1 aromatic heterocycles. The highest BCUT2D eigenvalue weighted by Gasteiger charge is 2.28. The van der Waals surface area contributed by atoms with Crippen molar-refractivity contribution in [3.05, 3.63) is 24.3 Å². The molecule has 1 amide bonds. The summed E-state index contributed by atoms with van der Waals surface area (Å²) in [7, 11) is 0. The fraction of sp³-hybridized carbons (Fsp3) is 0.538. The van der Waals surface area contributed by atoms with Gasteiger partial charge in [-0.2, -0.15) is 0 Å². The van der Waals surface area contributed by atoms with E-state index in [0.717, 1.165) is 11.4 Å². The minimum absolute atomic E-state index is 0.122. The first-order valence-corrected chi connectivity index (χ1v) is 6.42. The third-order valence-corrected chi connectivity index (χ3v) is 2.95. The molecule has 1 aromatic rings. The highest BCUT2D eigenvalue weighted by atomic mass is 16.6. The van der Waals surface area contributed by atoms with Crippen molar-refractivity contribution >= 4 is 11.6 Å². The van der Waals surface area contributed by atoms with Crippen molar-refractivity contribution in [1.82, 2.24) is 15.3 Å². The molecular formula is C13H18N4O2. The summed E-state index contributed by atoms with van der Waals surface area (Å²) in [5.41, 5.74) is 1.79. The zero-order valence-electron chi connectivity index (χ0n) is 11.2. The quantitative estimate of drug-likeness (QED) is 0.856. The zero-order chi connectivity index (χ0) is 13.7. The summed E-state index contributed by atoms with van der Waals surface area (Å²) in [6.07, 6.45) is 5.70. The Bertz CT molecular complexity index is 459. The van der Waals surface area contributed by atoms with Crippen LogP contribution in [0.25, 0.3) is 0 Å². The predicted molar refractivity (Wildman–Crippen MR) is 70.5 cm³/mol. The normalized spacial score (nSPS) is 18.1. The van der Waals surface area contributed by atoms with Gasteiger partial charge in [0.05, 0.1) is 11.4 Å². The second-order valence-electron chi connectivity index (χ2n) is 4.77. The van der Waals surface area contributed by atoms with Crippen molar-refractivity contribution in [1.29, 1.82) is 0 Å². The summed E-state index contributed by atoms with van der Waals surface area (Å²) in [6, 6.07) is 0. The van der Waals surface area contributed by atoms with E-state index < -0.39 is 6.10 Å². The Morgan fingerprint density at radius 2 is 2.37 bits per heavy atom. The number of rotatable bonds is 5. The summed E-state index contributed by atoms with van der Waals surface area (Å²) >= 11 is 0. The van der Waals surface area contributed by atoms with Gasteiger partial charge in [0.15, 0.2) is 0 Å². The molecule has 1 aliphatic rings. The van der Waals surface area contributed by atoms with Gasteiger partial charge in [-0.05, 0) is 5.92 Å². The number of oxime groups is 1. The van der Waals surface area contributed by atoms with Gasteiger partial charge in [0.1, 0.15) is 0 Å². The van der Waals surface area contributed by atoms with Crippen molar-refractivity contribution in [3.63, 3.8) is 0 Å². The zero-order valence-corrected chi connectivity index (χ0v) is 11.2. The average molecular weight is 262 g/mol. The molecule has 19 heavy (non-hydrogen) atoms. The Morgan fingerprint density at radius 1 is 1.53 bits per heavy atom. The summed E-state index contributed by atoms with van der Waals surface area (Å²) in [4.78, 5) is 25.1. The predicted octanol–water partition coefficient (Wildman–Crippen LogP) is 0.936. The fourth-order valence-corrected chi connectivity index (χ4v) is 1.76. The minimum Gasteiger partial charge on any atom is -0.382 e. The number of nitrogens with one attached hydrogen (secondary N) is 1. The van der Waals surface area contributed by atoms with Crippen molar-refractivity contribution in [2.45, 2.75) is 32.8 Å². The van der Waals surface area contributed by atoms with Gasteiger partial charge in [-0.3, -0.25) is 14.8 Å². The number of hydrogen-bond donors (Lipinski definition) is 1. The van der Waals surface area contributed by atoms with Crippen LogP contribution in [0.3, 0.4) is 0 Å². The van der Waals surface area contributed by atoms with E-state index in [0.29, 0.717) is 25.3 Å². The Balaban J connectivity index is 1.72. The van der Waals surface area contributed by atoms with E-state index in [4.69, 9.17) is 4.84 Å². The lowest BCUT2D eigenvalue weighted by molar-refractivity contribution is -0.131. The van der Waals surface area contributed by atoms with E-state index >= 15 is 0 Å². The van der Waals surface area contributed by atoms with Gasteiger partial charge in [0.25, 0.3) is 5.91 Å². The molecular weight excluding hydrogens is 244 g/mol. The van der Waals surface area contributed by atoms with Gasteiger partial charge >= 0.3 is 0 Å². The standard InChI is InChI=1S/C13H18N4O2/c1-9(2)11-7-12(19-17-11)13(18)16-4-3-10-8-14-5-6-15-10/h5-6,8-9,12H,3-4,7H2,1-2H3,(H,16,18)/t12-/m1/s1. The molecule has 0 fully saturated rings. The van der Waals surface area contributed by atoms with E-state index in [1.807, 2.05) is 13.8 Å². The van der Waals surface area contributed by atoms with Crippen LogP contribution in [0.4, 0.5) is 0 Å². The molecule has 1 atom stereocenters.